The van der Waals surface area contributed by atoms with E-state index >= 15 is 0 Å². The first-order valence-electron chi connectivity index (χ1n) is 5.81. The van der Waals surface area contributed by atoms with E-state index in [1.165, 1.54) is 0 Å². The highest BCUT2D eigenvalue weighted by molar-refractivity contribution is 6.35. The lowest BCUT2D eigenvalue weighted by Crippen LogP contribution is -2.14. The fourth-order valence-electron chi connectivity index (χ4n) is 1.78. The average molecular weight is 294 g/mol. The third-order valence-electron chi connectivity index (χ3n) is 3.03. The molecular formula is C15H13Cl2NO. The number of anilines is 1. The number of hydrogen-bond acceptors (Lipinski definition) is 1. The molecule has 4 heteroatoms. The Morgan fingerprint density at radius 1 is 1.11 bits per heavy atom. The van der Waals surface area contributed by atoms with Crippen molar-refractivity contribution in [1.82, 2.24) is 0 Å². The molecule has 0 aromatic heterocycles. The number of carbonyl (C=O) groups is 1. The molecule has 0 bridgehead atoms. The minimum absolute atomic E-state index is 0.189. The van der Waals surface area contributed by atoms with E-state index in [-0.39, 0.29) is 5.91 Å². The van der Waals surface area contributed by atoms with Gasteiger partial charge in [-0.3, -0.25) is 4.79 Å². The molecular weight excluding hydrogens is 281 g/mol. The summed E-state index contributed by atoms with van der Waals surface area (Å²) in [6, 6.07) is 10.6. The average Bonchev–Trinajstić information content (AvgIpc) is 2.37. The molecule has 98 valence electrons. The van der Waals surface area contributed by atoms with E-state index in [4.69, 9.17) is 23.2 Å². The zero-order valence-corrected chi connectivity index (χ0v) is 12.1. The summed E-state index contributed by atoms with van der Waals surface area (Å²) < 4.78 is 0. The number of hydrogen-bond donors (Lipinski definition) is 1. The summed E-state index contributed by atoms with van der Waals surface area (Å²) in [7, 11) is 0. The molecule has 2 nitrogen and oxygen atoms in total. The summed E-state index contributed by atoms with van der Waals surface area (Å²) in [4.78, 5) is 12.2. The number of benzene rings is 2. The molecule has 0 aliphatic rings. The van der Waals surface area contributed by atoms with Crippen molar-refractivity contribution >= 4 is 34.8 Å². The largest absolute Gasteiger partial charge is 0.321 e. The van der Waals surface area contributed by atoms with Crippen LogP contribution in [-0.4, -0.2) is 5.91 Å². The van der Waals surface area contributed by atoms with Gasteiger partial charge in [0.05, 0.1) is 10.7 Å². The summed E-state index contributed by atoms with van der Waals surface area (Å²) in [6.45, 7) is 3.89. The van der Waals surface area contributed by atoms with Crippen LogP contribution in [0.1, 0.15) is 21.5 Å². The van der Waals surface area contributed by atoms with Crippen molar-refractivity contribution in [3.8, 4) is 0 Å². The summed E-state index contributed by atoms with van der Waals surface area (Å²) in [6.07, 6.45) is 0. The van der Waals surface area contributed by atoms with E-state index in [0.29, 0.717) is 21.3 Å². The van der Waals surface area contributed by atoms with E-state index in [2.05, 4.69) is 5.32 Å². The van der Waals surface area contributed by atoms with Crippen LogP contribution in [0, 0.1) is 13.8 Å². The Bertz CT molecular complexity index is 638. The Balaban J connectivity index is 2.31. The molecule has 1 N–H and O–H groups in total. The van der Waals surface area contributed by atoms with Crippen molar-refractivity contribution < 1.29 is 4.79 Å². The van der Waals surface area contributed by atoms with Gasteiger partial charge in [-0.15, -0.1) is 0 Å². The summed E-state index contributed by atoms with van der Waals surface area (Å²) >= 11 is 11.9. The number of halogens is 2. The van der Waals surface area contributed by atoms with Crippen LogP contribution in [0.25, 0.3) is 0 Å². The first kappa shape index (κ1) is 13.9. The van der Waals surface area contributed by atoms with Crippen molar-refractivity contribution in [3.63, 3.8) is 0 Å². The van der Waals surface area contributed by atoms with Crippen molar-refractivity contribution in [3.05, 3.63) is 63.1 Å². The van der Waals surface area contributed by atoms with Crippen LogP contribution in [0.3, 0.4) is 0 Å². The minimum Gasteiger partial charge on any atom is -0.321 e. The molecule has 0 atom stereocenters. The Kier molecular flexibility index (Phi) is 4.13. The van der Waals surface area contributed by atoms with Gasteiger partial charge in [0.15, 0.2) is 0 Å². The molecule has 1 amide bonds. The van der Waals surface area contributed by atoms with Crippen LogP contribution >= 0.6 is 23.2 Å². The molecule has 0 radical (unpaired) electrons. The Morgan fingerprint density at radius 2 is 1.84 bits per heavy atom. The lowest BCUT2D eigenvalue weighted by Gasteiger charge is -2.10. The van der Waals surface area contributed by atoms with Gasteiger partial charge >= 0.3 is 0 Å². The third-order valence-corrected chi connectivity index (χ3v) is 3.59. The molecule has 0 saturated heterocycles. The molecule has 0 spiro atoms. The molecule has 0 unspecified atom stereocenters. The molecule has 2 aromatic rings. The smallest absolute Gasteiger partial charge is 0.255 e. The molecule has 0 heterocycles. The number of nitrogens with one attached hydrogen (secondary N) is 1. The maximum atomic E-state index is 12.2. The van der Waals surface area contributed by atoms with Crippen LogP contribution in [-0.2, 0) is 0 Å². The molecule has 0 fully saturated rings. The first-order valence-corrected chi connectivity index (χ1v) is 6.57. The quantitative estimate of drug-likeness (QED) is 0.841. The predicted octanol–water partition coefficient (Wildman–Crippen LogP) is 4.86. The Labute approximate surface area is 122 Å². The summed E-state index contributed by atoms with van der Waals surface area (Å²) in [5.41, 5.74) is 3.18. The van der Waals surface area contributed by atoms with E-state index < -0.39 is 0 Å². The highest BCUT2D eigenvalue weighted by atomic mass is 35.5. The van der Waals surface area contributed by atoms with Gasteiger partial charge in [0.1, 0.15) is 0 Å². The second kappa shape index (κ2) is 5.64. The number of amides is 1. The van der Waals surface area contributed by atoms with Gasteiger partial charge in [-0.25, -0.2) is 0 Å². The van der Waals surface area contributed by atoms with E-state index in [1.54, 1.807) is 24.3 Å². The van der Waals surface area contributed by atoms with Crippen molar-refractivity contribution in [2.75, 3.05) is 5.32 Å². The van der Waals surface area contributed by atoms with Crippen LogP contribution in [0.4, 0.5) is 5.69 Å². The second-order valence-corrected chi connectivity index (χ2v) is 5.17. The Hall–Kier alpha value is -1.51. The van der Waals surface area contributed by atoms with Gasteiger partial charge < -0.3 is 5.32 Å². The van der Waals surface area contributed by atoms with Gasteiger partial charge in [-0.1, -0.05) is 35.3 Å². The zero-order chi connectivity index (χ0) is 14.0. The van der Waals surface area contributed by atoms with Gasteiger partial charge in [0.25, 0.3) is 5.91 Å². The minimum atomic E-state index is -0.189. The second-order valence-electron chi connectivity index (χ2n) is 4.33. The van der Waals surface area contributed by atoms with Crippen LogP contribution in [0.15, 0.2) is 36.4 Å². The lowest BCUT2D eigenvalue weighted by molar-refractivity contribution is 0.102. The number of aryl methyl sites for hydroxylation is 1. The zero-order valence-electron chi connectivity index (χ0n) is 10.6. The molecule has 2 rings (SSSR count). The topological polar surface area (TPSA) is 29.1 Å². The fourth-order valence-corrected chi connectivity index (χ4v) is 2.12. The maximum absolute atomic E-state index is 12.2. The van der Waals surface area contributed by atoms with Crippen LogP contribution in [0.2, 0.25) is 10.0 Å². The van der Waals surface area contributed by atoms with Crippen molar-refractivity contribution in [2.24, 2.45) is 0 Å². The number of carbonyl (C=O) groups excluding carboxylic acids is 1. The fraction of sp³-hybridized carbons (Fsp3) is 0.133. The SMILES string of the molecule is Cc1cccc(C(=O)Nc2cc(Cl)ccc2Cl)c1C. The highest BCUT2D eigenvalue weighted by Crippen LogP contribution is 2.26. The maximum Gasteiger partial charge on any atom is 0.255 e. The van der Waals surface area contributed by atoms with E-state index in [1.807, 2.05) is 26.0 Å². The Morgan fingerprint density at radius 3 is 2.58 bits per heavy atom. The number of rotatable bonds is 2. The molecule has 2 aromatic carbocycles. The normalized spacial score (nSPS) is 10.3. The standard InChI is InChI=1S/C15H13Cl2NO/c1-9-4-3-5-12(10(9)2)15(19)18-14-8-11(16)6-7-13(14)17/h3-8H,1-2H3,(H,18,19). The molecule has 0 aliphatic heterocycles. The van der Waals surface area contributed by atoms with E-state index in [0.717, 1.165) is 11.1 Å². The summed E-state index contributed by atoms with van der Waals surface area (Å²) in [5, 5.41) is 3.77. The monoisotopic (exact) mass is 293 g/mol. The van der Waals surface area contributed by atoms with Crippen LogP contribution in [0.5, 0.6) is 0 Å². The third kappa shape index (κ3) is 3.09. The van der Waals surface area contributed by atoms with Gasteiger partial charge in [-0.05, 0) is 49.2 Å². The van der Waals surface area contributed by atoms with Crippen molar-refractivity contribution in [2.45, 2.75) is 13.8 Å². The molecule has 19 heavy (non-hydrogen) atoms. The van der Waals surface area contributed by atoms with Gasteiger partial charge in [0, 0.05) is 10.6 Å². The van der Waals surface area contributed by atoms with E-state index in [9.17, 15) is 4.79 Å². The first-order chi connectivity index (χ1) is 8.99. The van der Waals surface area contributed by atoms with Crippen molar-refractivity contribution in [1.29, 1.82) is 0 Å². The van der Waals surface area contributed by atoms with Gasteiger partial charge in [0.2, 0.25) is 0 Å². The highest BCUT2D eigenvalue weighted by Gasteiger charge is 2.12. The predicted molar refractivity (Wildman–Crippen MR) is 80.3 cm³/mol. The molecule has 0 saturated carbocycles. The molecule has 0 aliphatic carbocycles. The summed E-state index contributed by atoms with van der Waals surface area (Å²) in [5.74, 6) is -0.189. The van der Waals surface area contributed by atoms with Gasteiger partial charge in [-0.2, -0.15) is 0 Å². The van der Waals surface area contributed by atoms with Crippen LogP contribution < -0.4 is 5.32 Å². The lowest BCUT2D eigenvalue weighted by atomic mass is 10.0.